The summed E-state index contributed by atoms with van der Waals surface area (Å²) >= 11 is 0. The molecule has 1 atom stereocenters. The molecule has 4 aromatic rings. The second-order valence-corrected chi connectivity index (χ2v) is 7.23. The fraction of sp³-hybridized carbons (Fsp3) is 0.368. The van der Waals surface area contributed by atoms with Crippen molar-refractivity contribution < 1.29 is 13.7 Å². The molecule has 1 aliphatic rings. The number of halogens is 1. The third-order valence-electron chi connectivity index (χ3n) is 5.10. The summed E-state index contributed by atoms with van der Waals surface area (Å²) in [5, 5.41) is 4.05. The minimum Gasteiger partial charge on any atom is -0.381 e. The molecule has 0 saturated carbocycles. The monoisotopic (exact) mass is 383 g/mol. The Morgan fingerprint density at radius 1 is 1.29 bits per heavy atom. The molecule has 1 fully saturated rings. The number of hydrogen-bond donors (Lipinski definition) is 0. The third kappa shape index (κ3) is 2.46. The lowest BCUT2D eigenvalue weighted by atomic mass is 10.1. The topological polar surface area (TPSA) is 87.5 Å². The second kappa shape index (κ2) is 6.23. The van der Waals surface area contributed by atoms with E-state index in [1.165, 1.54) is 18.5 Å². The summed E-state index contributed by atoms with van der Waals surface area (Å²) in [6, 6.07) is 4.19. The van der Waals surface area contributed by atoms with Gasteiger partial charge in [0, 0.05) is 18.6 Å². The molecule has 0 bridgehead atoms. The van der Waals surface area contributed by atoms with Crippen molar-refractivity contribution >= 4 is 16.6 Å². The van der Waals surface area contributed by atoms with Crippen LogP contribution in [0, 0.1) is 5.82 Å². The number of nitrogens with zero attached hydrogens (tertiary/aromatic N) is 5. The minimum atomic E-state index is -0.402. The standard InChI is InChI=1S/C19H18FN5O3/c1-10(2)25-14-7-12(20)3-4-13(14)24-9-21-15(16(24)19(25)26)18-22-17(23-28-18)11-5-6-27-8-11/h3-4,7,9-11H,5-6,8H2,1-2H3. The zero-order chi connectivity index (χ0) is 19.4. The first-order valence-electron chi connectivity index (χ1n) is 9.17. The van der Waals surface area contributed by atoms with Crippen LogP contribution in [-0.2, 0) is 4.74 Å². The highest BCUT2D eigenvalue weighted by molar-refractivity contribution is 5.83. The van der Waals surface area contributed by atoms with Crippen LogP contribution in [0.25, 0.3) is 28.1 Å². The maximum Gasteiger partial charge on any atom is 0.278 e. The number of imidazole rings is 1. The summed E-state index contributed by atoms with van der Waals surface area (Å²) in [5.74, 6) is 0.433. The Labute approximate surface area is 158 Å². The first-order valence-corrected chi connectivity index (χ1v) is 9.17. The van der Waals surface area contributed by atoms with Crippen molar-refractivity contribution in [2.75, 3.05) is 13.2 Å². The van der Waals surface area contributed by atoms with E-state index in [-0.39, 0.29) is 23.4 Å². The van der Waals surface area contributed by atoms with E-state index >= 15 is 0 Å². The Balaban J connectivity index is 1.77. The van der Waals surface area contributed by atoms with Crippen LogP contribution in [0.1, 0.15) is 38.1 Å². The molecule has 0 radical (unpaired) electrons. The molecular weight excluding hydrogens is 365 g/mol. The highest BCUT2D eigenvalue weighted by atomic mass is 19.1. The Bertz CT molecular complexity index is 1250. The zero-order valence-electron chi connectivity index (χ0n) is 15.4. The average molecular weight is 383 g/mol. The van der Waals surface area contributed by atoms with Gasteiger partial charge < -0.3 is 13.8 Å². The minimum absolute atomic E-state index is 0.0857. The maximum absolute atomic E-state index is 13.8. The first kappa shape index (κ1) is 17.1. The zero-order valence-corrected chi connectivity index (χ0v) is 15.4. The second-order valence-electron chi connectivity index (χ2n) is 7.23. The van der Waals surface area contributed by atoms with Gasteiger partial charge in [0.15, 0.2) is 11.5 Å². The van der Waals surface area contributed by atoms with Gasteiger partial charge >= 0.3 is 0 Å². The molecule has 3 aromatic heterocycles. The molecule has 144 valence electrons. The molecule has 1 saturated heterocycles. The van der Waals surface area contributed by atoms with Crippen LogP contribution in [0.15, 0.2) is 33.8 Å². The molecule has 8 nitrogen and oxygen atoms in total. The predicted octanol–water partition coefficient (Wildman–Crippen LogP) is 2.92. The summed E-state index contributed by atoms with van der Waals surface area (Å²) in [5.41, 5.74) is 1.54. The largest absolute Gasteiger partial charge is 0.381 e. The van der Waals surface area contributed by atoms with Gasteiger partial charge in [-0.15, -0.1) is 0 Å². The van der Waals surface area contributed by atoms with Crippen molar-refractivity contribution in [2.45, 2.75) is 32.2 Å². The molecule has 0 aliphatic carbocycles. The highest BCUT2D eigenvalue weighted by Gasteiger charge is 2.26. The third-order valence-corrected chi connectivity index (χ3v) is 5.10. The fourth-order valence-electron chi connectivity index (χ4n) is 3.76. The molecule has 4 heterocycles. The molecule has 5 rings (SSSR count). The van der Waals surface area contributed by atoms with Gasteiger partial charge in [0.25, 0.3) is 11.4 Å². The summed E-state index contributed by atoms with van der Waals surface area (Å²) < 4.78 is 27.8. The van der Waals surface area contributed by atoms with Gasteiger partial charge in [-0.2, -0.15) is 4.98 Å². The van der Waals surface area contributed by atoms with Crippen molar-refractivity contribution in [1.29, 1.82) is 0 Å². The molecule has 9 heteroatoms. The van der Waals surface area contributed by atoms with Crippen LogP contribution in [0.2, 0.25) is 0 Å². The van der Waals surface area contributed by atoms with E-state index in [9.17, 15) is 9.18 Å². The average Bonchev–Trinajstić information content (AvgIpc) is 3.40. The molecule has 0 N–H and O–H groups in total. The predicted molar refractivity (Wildman–Crippen MR) is 98.8 cm³/mol. The number of benzene rings is 1. The van der Waals surface area contributed by atoms with E-state index in [4.69, 9.17) is 9.26 Å². The van der Waals surface area contributed by atoms with Crippen molar-refractivity contribution in [3.05, 3.63) is 46.5 Å². The summed E-state index contributed by atoms with van der Waals surface area (Å²) in [4.78, 5) is 22.1. The lowest BCUT2D eigenvalue weighted by molar-refractivity contribution is 0.192. The molecular formula is C19H18FN5O3. The van der Waals surface area contributed by atoms with E-state index in [1.807, 2.05) is 13.8 Å². The number of rotatable bonds is 3. The summed E-state index contributed by atoms with van der Waals surface area (Å²) in [6.45, 7) is 4.98. The van der Waals surface area contributed by atoms with Crippen LogP contribution in [0.3, 0.4) is 0 Å². The maximum atomic E-state index is 13.8. The molecule has 28 heavy (non-hydrogen) atoms. The number of fused-ring (bicyclic) bond motifs is 3. The molecule has 0 amide bonds. The quantitative estimate of drug-likeness (QED) is 0.541. The van der Waals surface area contributed by atoms with Gasteiger partial charge in [0.1, 0.15) is 17.7 Å². The number of aromatic nitrogens is 5. The Hall–Kier alpha value is -3.07. The molecule has 1 aromatic carbocycles. The number of hydrogen-bond acceptors (Lipinski definition) is 6. The van der Waals surface area contributed by atoms with Gasteiger partial charge in [-0.05, 0) is 38.5 Å². The van der Waals surface area contributed by atoms with Crippen LogP contribution in [-0.4, -0.2) is 37.3 Å². The normalized spacial score (nSPS) is 17.4. The van der Waals surface area contributed by atoms with E-state index in [2.05, 4.69) is 15.1 Å². The van der Waals surface area contributed by atoms with E-state index in [0.29, 0.717) is 41.3 Å². The van der Waals surface area contributed by atoms with Crippen LogP contribution in [0.4, 0.5) is 4.39 Å². The van der Waals surface area contributed by atoms with Gasteiger partial charge in [-0.1, -0.05) is 5.16 Å². The van der Waals surface area contributed by atoms with E-state index in [0.717, 1.165) is 6.42 Å². The number of ether oxygens (including phenoxy) is 1. The molecule has 1 unspecified atom stereocenters. The van der Waals surface area contributed by atoms with Crippen molar-refractivity contribution in [1.82, 2.24) is 24.1 Å². The molecule has 0 spiro atoms. The van der Waals surface area contributed by atoms with Crippen LogP contribution < -0.4 is 5.56 Å². The Morgan fingerprint density at radius 3 is 2.89 bits per heavy atom. The summed E-state index contributed by atoms with van der Waals surface area (Å²) in [7, 11) is 0. The fourth-order valence-corrected chi connectivity index (χ4v) is 3.76. The van der Waals surface area contributed by atoms with Crippen molar-refractivity contribution in [2.24, 2.45) is 0 Å². The lowest BCUT2D eigenvalue weighted by Crippen LogP contribution is -2.24. The molecule has 1 aliphatic heterocycles. The summed E-state index contributed by atoms with van der Waals surface area (Å²) in [6.07, 6.45) is 2.36. The van der Waals surface area contributed by atoms with Gasteiger partial charge in [0.05, 0.1) is 17.6 Å². The van der Waals surface area contributed by atoms with Gasteiger partial charge in [-0.25, -0.2) is 9.37 Å². The van der Waals surface area contributed by atoms with Gasteiger partial charge in [-0.3, -0.25) is 9.20 Å². The van der Waals surface area contributed by atoms with Crippen LogP contribution in [0.5, 0.6) is 0 Å². The van der Waals surface area contributed by atoms with E-state index in [1.54, 1.807) is 15.0 Å². The lowest BCUT2D eigenvalue weighted by Gasteiger charge is -2.15. The van der Waals surface area contributed by atoms with Crippen molar-refractivity contribution in [3.8, 4) is 11.6 Å². The van der Waals surface area contributed by atoms with Crippen LogP contribution >= 0.6 is 0 Å². The van der Waals surface area contributed by atoms with Crippen molar-refractivity contribution in [3.63, 3.8) is 0 Å². The van der Waals surface area contributed by atoms with Gasteiger partial charge in [0.2, 0.25) is 0 Å². The Kier molecular flexibility index (Phi) is 3.80. The first-order chi connectivity index (χ1) is 13.5. The smallest absolute Gasteiger partial charge is 0.278 e. The van der Waals surface area contributed by atoms with E-state index < -0.39 is 5.82 Å². The highest BCUT2D eigenvalue weighted by Crippen LogP contribution is 2.28. The Morgan fingerprint density at radius 2 is 2.14 bits per heavy atom. The SMILES string of the molecule is CC(C)n1c(=O)c2c(-c3nc(C4CCOC4)no3)ncn2c2ccc(F)cc21.